The molecule has 1 fully saturated rings. The van der Waals surface area contributed by atoms with Crippen LogP contribution in [0.15, 0.2) is 24.3 Å². The third-order valence-corrected chi connectivity index (χ3v) is 11.2. The van der Waals surface area contributed by atoms with Gasteiger partial charge in [0.15, 0.2) is 8.32 Å². The molecule has 1 aromatic rings. The molecule has 25 heavy (non-hydrogen) atoms. The van der Waals surface area contributed by atoms with Crippen LogP contribution in [0.4, 0.5) is 0 Å². The van der Waals surface area contributed by atoms with E-state index in [1.807, 2.05) is 24.3 Å². The predicted molar refractivity (Wildman–Crippen MR) is 107 cm³/mol. The molecule has 1 aromatic carbocycles. The lowest BCUT2D eigenvalue weighted by Gasteiger charge is -2.54. The van der Waals surface area contributed by atoms with E-state index in [9.17, 15) is 5.11 Å². The van der Waals surface area contributed by atoms with Gasteiger partial charge in [0.25, 0.3) is 0 Å². The molecule has 0 unspecified atom stereocenters. The molecule has 0 saturated heterocycles. The Balaban J connectivity index is 2.42. The average molecular weight is 365 g/mol. The lowest BCUT2D eigenvalue weighted by Crippen LogP contribution is -2.57. The van der Waals surface area contributed by atoms with Gasteiger partial charge in [-0.3, -0.25) is 0 Å². The highest BCUT2D eigenvalue weighted by molar-refractivity contribution is 6.74. The number of benzene rings is 1. The predicted octanol–water partition coefficient (Wildman–Crippen LogP) is 5.48. The molecule has 1 aliphatic rings. The number of para-hydroxylation sites is 1. The van der Waals surface area contributed by atoms with E-state index >= 15 is 0 Å². The Morgan fingerprint density at radius 3 is 2.32 bits per heavy atom. The van der Waals surface area contributed by atoms with Crippen molar-refractivity contribution in [3.05, 3.63) is 29.8 Å². The highest BCUT2D eigenvalue weighted by Gasteiger charge is 2.55. The van der Waals surface area contributed by atoms with E-state index < -0.39 is 19.3 Å². The Morgan fingerprint density at radius 1 is 1.16 bits per heavy atom. The molecule has 0 aliphatic heterocycles. The van der Waals surface area contributed by atoms with Crippen LogP contribution >= 0.6 is 0 Å². The molecule has 0 spiro atoms. The number of hydrogen-bond donors (Lipinski definition) is 1. The Hall–Kier alpha value is -0.843. The summed E-state index contributed by atoms with van der Waals surface area (Å²) in [5.41, 5.74) is -0.466. The molecule has 1 aliphatic carbocycles. The van der Waals surface area contributed by atoms with Crippen molar-refractivity contribution in [2.45, 2.75) is 83.7 Å². The SMILES string of the molecule is COc1ccccc1[C@@]1(O)CCC[C@H](O[Si](C)(C)C(C)(C)C)C1(C)C. The average Bonchev–Trinajstić information content (AvgIpc) is 2.51. The lowest BCUT2D eigenvalue weighted by molar-refractivity contribution is -0.157. The molecule has 4 heteroatoms. The minimum Gasteiger partial charge on any atom is -0.496 e. The Labute approximate surface area is 154 Å². The van der Waals surface area contributed by atoms with Gasteiger partial charge in [-0.15, -0.1) is 0 Å². The van der Waals surface area contributed by atoms with Crippen LogP contribution in [0.25, 0.3) is 0 Å². The summed E-state index contributed by atoms with van der Waals surface area (Å²) in [7, 11) is -0.241. The molecule has 142 valence electrons. The van der Waals surface area contributed by atoms with Crippen LogP contribution in [0.2, 0.25) is 18.1 Å². The van der Waals surface area contributed by atoms with E-state index in [0.717, 1.165) is 30.6 Å². The zero-order chi connectivity index (χ0) is 19.1. The number of rotatable bonds is 4. The summed E-state index contributed by atoms with van der Waals surface area (Å²) in [4.78, 5) is 0. The molecule has 1 N–H and O–H groups in total. The Bertz CT molecular complexity index is 603. The van der Waals surface area contributed by atoms with Crippen LogP contribution in [0.1, 0.15) is 59.4 Å². The second-order valence-corrected chi connectivity index (χ2v) is 14.3. The lowest BCUT2D eigenvalue weighted by atomic mass is 9.61. The molecule has 2 rings (SSSR count). The highest BCUT2D eigenvalue weighted by atomic mass is 28.4. The Morgan fingerprint density at radius 2 is 1.76 bits per heavy atom. The second kappa shape index (κ2) is 6.71. The maximum absolute atomic E-state index is 11.8. The normalized spacial score (nSPS) is 27.2. The maximum Gasteiger partial charge on any atom is 0.192 e. The van der Waals surface area contributed by atoms with Gasteiger partial charge in [0.05, 0.1) is 13.2 Å². The third kappa shape index (κ3) is 3.53. The molecule has 0 amide bonds. The van der Waals surface area contributed by atoms with Crippen molar-refractivity contribution in [2.75, 3.05) is 7.11 Å². The first-order valence-corrected chi connectivity index (χ1v) is 12.3. The van der Waals surface area contributed by atoms with Crippen LogP contribution < -0.4 is 4.74 Å². The van der Waals surface area contributed by atoms with E-state index in [-0.39, 0.29) is 11.1 Å². The van der Waals surface area contributed by atoms with Gasteiger partial charge in [0.2, 0.25) is 0 Å². The molecular formula is C21H36O3Si. The van der Waals surface area contributed by atoms with Gasteiger partial charge in [-0.05, 0) is 43.5 Å². The van der Waals surface area contributed by atoms with Gasteiger partial charge in [-0.2, -0.15) is 0 Å². The molecule has 0 aromatic heterocycles. The zero-order valence-corrected chi connectivity index (χ0v) is 18.3. The molecule has 3 nitrogen and oxygen atoms in total. The molecule has 2 atom stereocenters. The van der Waals surface area contributed by atoms with Gasteiger partial charge in [-0.25, -0.2) is 0 Å². The summed E-state index contributed by atoms with van der Waals surface area (Å²) in [6.45, 7) is 15.7. The third-order valence-electron chi connectivity index (χ3n) is 6.67. The van der Waals surface area contributed by atoms with Crippen LogP contribution in [-0.4, -0.2) is 26.6 Å². The zero-order valence-electron chi connectivity index (χ0n) is 17.3. The fourth-order valence-corrected chi connectivity index (χ4v) is 5.18. The van der Waals surface area contributed by atoms with Crippen molar-refractivity contribution in [1.82, 2.24) is 0 Å². The van der Waals surface area contributed by atoms with E-state index in [4.69, 9.17) is 9.16 Å². The van der Waals surface area contributed by atoms with Crippen LogP contribution in [0, 0.1) is 5.41 Å². The van der Waals surface area contributed by atoms with Crippen molar-refractivity contribution >= 4 is 8.32 Å². The fraction of sp³-hybridized carbons (Fsp3) is 0.714. The van der Waals surface area contributed by atoms with E-state index in [2.05, 4.69) is 47.7 Å². The maximum atomic E-state index is 11.8. The van der Waals surface area contributed by atoms with E-state index in [1.54, 1.807) is 7.11 Å². The molecule has 1 saturated carbocycles. The monoisotopic (exact) mass is 364 g/mol. The highest BCUT2D eigenvalue weighted by Crippen LogP contribution is 2.54. The smallest absolute Gasteiger partial charge is 0.192 e. The second-order valence-electron chi connectivity index (χ2n) is 9.54. The summed E-state index contributed by atoms with van der Waals surface area (Å²) in [6.07, 6.45) is 2.73. The van der Waals surface area contributed by atoms with Gasteiger partial charge in [0.1, 0.15) is 11.4 Å². The minimum absolute atomic E-state index is 0.0389. The number of hydrogen-bond acceptors (Lipinski definition) is 3. The number of ether oxygens (including phenoxy) is 1. The van der Waals surface area contributed by atoms with Gasteiger partial charge >= 0.3 is 0 Å². The summed E-state index contributed by atoms with van der Waals surface area (Å²) < 4.78 is 12.3. The molecule has 0 radical (unpaired) electrons. The molecule has 0 heterocycles. The van der Waals surface area contributed by atoms with Crippen LogP contribution in [-0.2, 0) is 10.0 Å². The fourth-order valence-electron chi connectivity index (χ4n) is 3.70. The van der Waals surface area contributed by atoms with Crippen molar-refractivity contribution in [1.29, 1.82) is 0 Å². The summed E-state index contributed by atoms with van der Waals surface area (Å²) in [5, 5.41) is 12.0. The van der Waals surface area contributed by atoms with Gasteiger partial charge in [-0.1, -0.05) is 52.8 Å². The molecule has 0 bridgehead atoms. The largest absolute Gasteiger partial charge is 0.496 e. The number of aliphatic hydroxyl groups is 1. The topological polar surface area (TPSA) is 38.7 Å². The van der Waals surface area contributed by atoms with Gasteiger partial charge in [0, 0.05) is 11.0 Å². The van der Waals surface area contributed by atoms with Crippen LogP contribution in [0.3, 0.4) is 0 Å². The van der Waals surface area contributed by atoms with Gasteiger partial charge < -0.3 is 14.3 Å². The minimum atomic E-state index is -1.91. The first-order chi connectivity index (χ1) is 11.4. The van der Waals surface area contributed by atoms with Crippen molar-refractivity contribution in [3.8, 4) is 5.75 Å². The number of methoxy groups -OCH3 is 1. The van der Waals surface area contributed by atoms with Crippen molar-refractivity contribution < 1.29 is 14.3 Å². The summed E-state index contributed by atoms with van der Waals surface area (Å²) >= 11 is 0. The first kappa shape index (κ1) is 20.5. The van der Waals surface area contributed by atoms with E-state index in [1.165, 1.54) is 0 Å². The Kier molecular flexibility index (Phi) is 5.49. The van der Waals surface area contributed by atoms with Crippen LogP contribution in [0.5, 0.6) is 5.75 Å². The molecular weight excluding hydrogens is 328 g/mol. The van der Waals surface area contributed by atoms with Crippen molar-refractivity contribution in [2.24, 2.45) is 5.41 Å². The van der Waals surface area contributed by atoms with Crippen molar-refractivity contribution in [3.63, 3.8) is 0 Å². The van der Waals surface area contributed by atoms with E-state index in [0.29, 0.717) is 0 Å². The summed E-state index contributed by atoms with van der Waals surface area (Å²) in [5.74, 6) is 0.756. The summed E-state index contributed by atoms with van der Waals surface area (Å²) in [6, 6.07) is 7.85. The standard InChI is InChI=1S/C21H36O3Si/c1-19(2,3)25(7,8)24-18-14-11-15-21(22,20(18,4)5)16-12-9-10-13-17(16)23-6/h9-10,12-13,18,22H,11,14-15H2,1-8H3/t18-,21-/m0/s1. The quantitative estimate of drug-likeness (QED) is 0.719. The first-order valence-electron chi connectivity index (χ1n) is 9.40.